The predicted octanol–water partition coefficient (Wildman–Crippen LogP) is 3.16. The third kappa shape index (κ3) is 4.59. The molecule has 1 aliphatic rings. The van der Waals surface area contributed by atoms with Crippen LogP contribution in [-0.4, -0.2) is 36.8 Å². The lowest BCUT2D eigenvalue weighted by Crippen LogP contribution is -2.42. The molecule has 134 valence electrons. The van der Waals surface area contributed by atoms with Crippen molar-refractivity contribution in [2.45, 2.75) is 59.0 Å². The molecule has 0 unspecified atom stereocenters. The van der Waals surface area contributed by atoms with E-state index in [9.17, 15) is 13.2 Å². The summed E-state index contributed by atoms with van der Waals surface area (Å²) in [5.74, 6) is 0.160. The Morgan fingerprint density at radius 2 is 1.79 bits per heavy atom. The van der Waals surface area contributed by atoms with Gasteiger partial charge < -0.3 is 4.90 Å². The summed E-state index contributed by atoms with van der Waals surface area (Å²) < 4.78 is 23.6. The Morgan fingerprint density at radius 3 is 2.21 bits per heavy atom. The van der Waals surface area contributed by atoms with Crippen LogP contribution in [0.3, 0.4) is 0 Å². The molecule has 0 N–H and O–H groups in total. The van der Waals surface area contributed by atoms with Crippen molar-refractivity contribution in [1.82, 2.24) is 4.90 Å². The first-order valence-electron chi connectivity index (χ1n) is 8.60. The summed E-state index contributed by atoms with van der Waals surface area (Å²) in [7, 11) is -3.01. The van der Waals surface area contributed by atoms with E-state index in [0.717, 1.165) is 5.56 Å². The summed E-state index contributed by atoms with van der Waals surface area (Å²) in [6.07, 6.45) is 0.543. The summed E-state index contributed by atoms with van der Waals surface area (Å²) in [6, 6.07) is 8.08. The van der Waals surface area contributed by atoms with Crippen LogP contribution < -0.4 is 0 Å². The molecule has 1 aliphatic heterocycles. The van der Waals surface area contributed by atoms with E-state index in [4.69, 9.17) is 0 Å². The van der Waals surface area contributed by atoms with E-state index < -0.39 is 9.84 Å². The minimum absolute atomic E-state index is 0.0250. The van der Waals surface area contributed by atoms with Gasteiger partial charge in [0, 0.05) is 18.5 Å². The maximum Gasteiger partial charge on any atom is 0.225 e. The third-order valence-electron chi connectivity index (χ3n) is 4.60. The van der Waals surface area contributed by atoms with Gasteiger partial charge in [0.1, 0.15) is 0 Å². The summed E-state index contributed by atoms with van der Waals surface area (Å²) >= 11 is 0. The Balaban J connectivity index is 2.21. The quantitative estimate of drug-likeness (QED) is 0.837. The van der Waals surface area contributed by atoms with Crippen LogP contribution >= 0.6 is 0 Å². The van der Waals surface area contributed by atoms with Gasteiger partial charge in [-0.2, -0.15) is 0 Å². The van der Waals surface area contributed by atoms with E-state index in [2.05, 4.69) is 32.9 Å². The molecule has 0 aliphatic carbocycles. The van der Waals surface area contributed by atoms with Crippen LogP contribution in [0.4, 0.5) is 0 Å². The third-order valence-corrected chi connectivity index (χ3v) is 6.35. The Labute approximate surface area is 146 Å². The molecule has 1 atom stereocenters. The van der Waals surface area contributed by atoms with Crippen molar-refractivity contribution in [3.8, 4) is 0 Å². The average Bonchev–Trinajstić information content (AvgIpc) is 2.83. The fourth-order valence-electron chi connectivity index (χ4n) is 3.05. The van der Waals surface area contributed by atoms with Crippen molar-refractivity contribution in [3.63, 3.8) is 0 Å². The van der Waals surface area contributed by atoms with Crippen molar-refractivity contribution in [2.75, 3.05) is 11.5 Å². The Morgan fingerprint density at radius 1 is 1.21 bits per heavy atom. The minimum Gasteiger partial charge on any atom is -0.334 e. The number of amides is 1. The number of carbonyl (C=O) groups excluding carboxylic acids is 1. The molecule has 1 amide bonds. The number of rotatable bonds is 4. The van der Waals surface area contributed by atoms with Crippen molar-refractivity contribution >= 4 is 15.7 Å². The number of hydrogen-bond acceptors (Lipinski definition) is 3. The topological polar surface area (TPSA) is 54.5 Å². The van der Waals surface area contributed by atoms with Crippen LogP contribution in [0.2, 0.25) is 0 Å². The molecule has 1 heterocycles. The zero-order chi connectivity index (χ0) is 18.1. The maximum atomic E-state index is 12.6. The van der Waals surface area contributed by atoms with E-state index in [-0.39, 0.29) is 34.8 Å². The van der Waals surface area contributed by atoms with Gasteiger partial charge in [-0.25, -0.2) is 8.42 Å². The normalized spacial score (nSPS) is 20.3. The SMILES string of the molecule is CC(C)C(=O)N(Cc1ccc(C(C)(C)C)cc1)[C@@H]1CCS(=O)(=O)C1. The molecule has 1 saturated heterocycles. The molecular weight excluding hydrogens is 322 g/mol. The van der Waals surface area contributed by atoms with Crippen LogP contribution in [0.5, 0.6) is 0 Å². The van der Waals surface area contributed by atoms with Gasteiger partial charge >= 0.3 is 0 Å². The highest BCUT2D eigenvalue weighted by molar-refractivity contribution is 7.91. The van der Waals surface area contributed by atoms with E-state index in [1.807, 2.05) is 26.0 Å². The Hall–Kier alpha value is -1.36. The molecular formula is C19H29NO3S. The molecule has 2 rings (SSSR count). The van der Waals surface area contributed by atoms with E-state index in [1.54, 1.807) is 4.90 Å². The molecule has 0 spiro atoms. The molecule has 1 aromatic rings. The highest BCUT2D eigenvalue weighted by atomic mass is 32.2. The van der Waals surface area contributed by atoms with Gasteiger partial charge in [0.25, 0.3) is 0 Å². The lowest BCUT2D eigenvalue weighted by atomic mass is 9.86. The lowest BCUT2D eigenvalue weighted by Gasteiger charge is -2.30. The van der Waals surface area contributed by atoms with Crippen LogP contribution in [0.1, 0.15) is 52.2 Å². The van der Waals surface area contributed by atoms with Gasteiger partial charge in [-0.3, -0.25) is 4.79 Å². The molecule has 0 bridgehead atoms. The van der Waals surface area contributed by atoms with Crippen LogP contribution in [0.25, 0.3) is 0 Å². The minimum atomic E-state index is -3.01. The molecule has 1 fully saturated rings. The summed E-state index contributed by atoms with van der Waals surface area (Å²) in [5.41, 5.74) is 2.38. The number of nitrogens with zero attached hydrogens (tertiary/aromatic N) is 1. The van der Waals surface area contributed by atoms with Crippen LogP contribution in [0, 0.1) is 5.92 Å². The first-order valence-corrected chi connectivity index (χ1v) is 10.4. The van der Waals surface area contributed by atoms with Crippen molar-refractivity contribution in [3.05, 3.63) is 35.4 Å². The van der Waals surface area contributed by atoms with Crippen molar-refractivity contribution in [1.29, 1.82) is 0 Å². The number of sulfone groups is 1. The fourth-order valence-corrected chi connectivity index (χ4v) is 4.78. The second kappa shape index (κ2) is 6.87. The van der Waals surface area contributed by atoms with Gasteiger partial charge in [-0.15, -0.1) is 0 Å². The molecule has 5 heteroatoms. The molecule has 1 aromatic carbocycles. The summed E-state index contributed by atoms with van der Waals surface area (Å²) in [6.45, 7) is 10.7. The van der Waals surface area contributed by atoms with Crippen molar-refractivity contribution < 1.29 is 13.2 Å². The highest BCUT2D eigenvalue weighted by Crippen LogP contribution is 2.25. The predicted molar refractivity (Wildman–Crippen MR) is 97.6 cm³/mol. The van der Waals surface area contributed by atoms with Gasteiger partial charge in [0.15, 0.2) is 9.84 Å². The largest absolute Gasteiger partial charge is 0.334 e. The number of benzene rings is 1. The zero-order valence-corrected chi connectivity index (χ0v) is 16.2. The maximum absolute atomic E-state index is 12.6. The smallest absolute Gasteiger partial charge is 0.225 e. The summed E-state index contributed by atoms with van der Waals surface area (Å²) in [5, 5.41) is 0. The fraction of sp³-hybridized carbons (Fsp3) is 0.632. The molecule has 0 radical (unpaired) electrons. The van der Waals surface area contributed by atoms with Gasteiger partial charge in [-0.05, 0) is 23.0 Å². The second-order valence-corrected chi connectivity index (χ2v) is 10.4. The monoisotopic (exact) mass is 351 g/mol. The standard InChI is InChI=1S/C19H29NO3S/c1-14(2)18(21)20(17-10-11-24(22,23)13-17)12-15-6-8-16(9-7-15)19(3,4)5/h6-9,14,17H,10-13H2,1-5H3/t17-/m1/s1. The second-order valence-electron chi connectivity index (χ2n) is 8.12. The van der Waals surface area contributed by atoms with Crippen LogP contribution in [0.15, 0.2) is 24.3 Å². The first kappa shape index (κ1) is 19.0. The van der Waals surface area contributed by atoms with Crippen molar-refractivity contribution in [2.24, 2.45) is 5.92 Å². The highest BCUT2D eigenvalue weighted by Gasteiger charge is 2.35. The Kier molecular flexibility index (Phi) is 5.43. The molecule has 4 nitrogen and oxygen atoms in total. The van der Waals surface area contributed by atoms with Gasteiger partial charge in [0.2, 0.25) is 5.91 Å². The zero-order valence-electron chi connectivity index (χ0n) is 15.4. The van der Waals surface area contributed by atoms with Crippen LogP contribution in [-0.2, 0) is 26.6 Å². The molecule has 0 saturated carbocycles. The van der Waals surface area contributed by atoms with E-state index in [1.165, 1.54) is 5.56 Å². The Bertz CT molecular complexity index is 684. The first-order chi connectivity index (χ1) is 11.0. The van der Waals surface area contributed by atoms with E-state index >= 15 is 0 Å². The van der Waals surface area contributed by atoms with E-state index in [0.29, 0.717) is 13.0 Å². The van der Waals surface area contributed by atoms with Gasteiger partial charge in [-0.1, -0.05) is 58.9 Å². The number of hydrogen-bond donors (Lipinski definition) is 0. The average molecular weight is 352 g/mol. The lowest BCUT2D eigenvalue weighted by molar-refractivity contribution is -0.137. The molecule has 0 aromatic heterocycles. The van der Waals surface area contributed by atoms with Gasteiger partial charge in [0.05, 0.1) is 11.5 Å². The molecule has 24 heavy (non-hydrogen) atoms. The number of carbonyl (C=O) groups is 1. The summed E-state index contributed by atoms with van der Waals surface area (Å²) in [4.78, 5) is 14.4.